The largest absolute Gasteiger partial charge is 0.310 e. The van der Waals surface area contributed by atoms with E-state index in [4.69, 9.17) is 0 Å². The molecule has 1 atom stereocenters. The molecule has 0 aromatic rings. The first-order chi connectivity index (χ1) is 6.18. The average molecular weight is 177 g/mol. The Morgan fingerprint density at radius 1 is 1.38 bits per heavy atom. The number of rotatable bonds is 3. The van der Waals surface area contributed by atoms with Gasteiger partial charge < -0.3 is 5.32 Å². The second-order valence-electron chi connectivity index (χ2n) is 3.88. The van der Waals surface area contributed by atoms with Crippen molar-refractivity contribution in [2.24, 2.45) is 5.92 Å². The SMILES string of the molecule is CC1C=CC=CC(CNC(C)C)=C1. The number of hydrogen-bond acceptors (Lipinski definition) is 1. The van der Waals surface area contributed by atoms with E-state index in [2.05, 4.69) is 56.5 Å². The summed E-state index contributed by atoms with van der Waals surface area (Å²) in [6, 6.07) is 0.556. The topological polar surface area (TPSA) is 12.0 Å². The molecule has 1 heteroatoms. The second kappa shape index (κ2) is 5.03. The van der Waals surface area contributed by atoms with Crippen molar-refractivity contribution in [2.45, 2.75) is 26.8 Å². The highest BCUT2D eigenvalue weighted by atomic mass is 14.9. The normalized spacial score (nSPS) is 21.8. The van der Waals surface area contributed by atoms with Crippen LogP contribution in [0.15, 0.2) is 36.0 Å². The maximum absolute atomic E-state index is 3.42. The van der Waals surface area contributed by atoms with Crippen LogP contribution in [-0.2, 0) is 0 Å². The van der Waals surface area contributed by atoms with Gasteiger partial charge in [0, 0.05) is 12.6 Å². The molecule has 1 aliphatic rings. The van der Waals surface area contributed by atoms with Gasteiger partial charge in [0.05, 0.1) is 0 Å². The van der Waals surface area contributed by atoms with Crippen LogP contribution in [0.25, 0.3) is 0 Å². The van der Waals surface area contributed by atoms with Crippen molar-refractivity contribution in [2.75, 3.05) is 6.54 Å². The van der Waals surface area contributed by atoms with Crippen LogP contribution in [0, 0.1) is 5.92 Å². The van der Waals surface area contributed by atoms with Crippen molar-refractivity contribution in [1.82, 2.24) is 5.32 Å². The minimum atomic E-state index is 0.555. The zero-order valence-electron chi connectivity index (χ0n) is 8.75. The zero-order chi connectivity index (χ0) is 9.68. The Morgan fingerprint density at radius 2 is 2.15 bits per heavy atom. The molecule has 0 fully saturated rings. The predicted octanol–water partition coefficient (Wildman–Crippen LogP) is 2.67. The van der Waals surface area contributed by atoms with Crippen molar-refractivity contribution in [3.05, 3.63) is 36.0 Å². The standard InChI is InChI=1S/C12H19N/c1-10(2)13-9-12-7-5-4-6-11(3)8-12/h4-8,10-11,13H,9H2,1-3H3. The van der Waals surface area contributed by atoms with E-state index in [1.165, 1.54) is 5.57 Å². The van der Waals surface area contributed by atoms with Crippen molar-refractivity contribution in [1.29, 1.82) is 0 Å². The molecule has 0 spiro atoms. The highest BCUT2D eigenvalue weighted by Crippen LogP contribution is 2.09. The molecule has 0 aliphatic heterocycles. The van der Waals surface area contributed by atoms with Gasteiger partial charge >= 0.3 is 0 Å². The zero-order valence-corrected chi connectivity index (χ0v) is 8.75. The third kappa shape index (κ3) is 4.09. The van der Waals surface area contributed by atoms with Gasteiger partial charge in [-0.2, -0.15) is 0 Å². The highest BCUT2D eigenvalue weighted by Gasteiger charge is 1.99. The van der Waals surface area contributed by atoms with Crippen LogP contribution >= 0.6 is 0 Å². The predicted molar refractivity (Wildman–Crippen MR) is 58.7 cm³/mol. The summed E-state index contributed by atoms with van der Waals surface area (Å²) in [5.41, 5.74) is 1.38. The number of nitrogens with one attached hydrogen (secondary N) is 1. The van der Waals surface area contributed by atoms with E-state index in [1.54, 1.807) is 0 Å². The molecule has 0 amide bonds. The summed E-state index contributed by atoms with van der Waals surface area (Å²) in [5.74, 6) is 0.555. The van der Waals surface area contributed by atoms with E-state index < -0.39 is 0 Å². The van der Waals surface area contributed by atoms with Gasteiger partial charge in [0.2, 0.25) is 0 Å². The van der Waals surface area contributed by atoms with Gasteiger partial charge in [-0.05, 0) is 11.5 Å². The van der Waals surface area contributed by atoms with Crippen LogP contribution in [0.1, 0.15) is 20.8 Å². The molecule has 1 nitrogen and oxygen atoms in total. The first-order valence-corrected chi connectivity index (χ1v) is 4.97. The molecule has 0 saturated carbocycles. The molecule has 0 saturated heterocycles. The fourth-order valence-corrected chi connectivity index (χ4v) is 1.31. The Bertz CT molecular complexity index is 234. The van der Waals surface area contributed by atoms with Crippen LogP contribution in [0.5, 0.6) is 0 Å². The quantitative estimate of drug-likeness (QED) is 0.699. The molecule has 1 aliphatic carbocycles. The second-order valence-corrected chi connectivity index (χ2v) is 3.88. The minimum absolute atomic E-state index is 0.555. The van der Waals surface area contributed by atoms with Crippen LogP contribution in [-0.4, -0.2) is 12.6 Å². The fourth-order valence-electron chi connectivity index (χ4n) is 1.31. The van der Waals surface area contributed by atoms with E-state index in [1.807, 2.05) is 0 Å². The van der Waals surface area contributed by atoms with Gasteiger partial charge in [0.25, 0.3) is 0 Å². The molecule has 13 heavy (non-hydrogen) atoms. The fraction of sp³-hybridized carbons (Fsp3) is 0.500. The van der Waals surface area contributed by atoms with Crippen LogP contribution in [0.3, 0.4) is 0 Å². The monoisotopic (exact) mass is 177 g/mol. The summed E-state index contributed by atoms with van der Waals surface area (Å²) in [5, 5.41) is 3.42. The van der Waals surface area contributed by atoms with Crippen molar-refractivity contribution in [3.63, 3.8) is 0 Å². The molecular formula is C12H19N. The van der Waals surface area contributed by atoms with Gasteiger partial charge in [-0.25, -0.2) is 0 Å². The maximum atomic E-state index is 3.42. The first kappa shape index (κ1) is 10.3. The molecule has 1 rings (SSSR count). The molecule has 0 aromatic carbocycles. The summed E-state index contributed by atoms with van der Waals surface area (Å²) < 4.78 is 0. The van der Waals surface area contributed by atoms with Gasteiger partial charge in [0.1, 0.15) is 0 Å². The Kier molecular flexibility index (Phi) is 3.97. The summed E-state index contributed by atoms with van der Waals surface area (Å²) in [7, 11) is 0. The highest BCUT2D eigenvalue weighted by molar-refractivity contribution is 5.28. The summed E-state index contributed by atoms with van der Waals surface area (Å²) in [6.07, 6.45) is 10.9. The van der Waals surface area contributed by atoms with E-state index in [9.17, 15) is 0 Å². The molecular weight excluding hydrogens is 158 g/mol. The molecule has 0 radical (unpaired) electrons. The van der Waals surface area contributed by atoms with E-state index >= 15 is 0 Å². The lowest BCUT2D eigenvalue weighted by atomic mass is 10.1. The molecule has 72 valence electrons. The van der Waals surface area contributed by atoms with Gasteiger partial charge in [0.15, 0.2) is 0 Å². The smallest absolute Gasteiger partial charge is 0.0204 e. The van der Waals surface area contributed by atoms with Gasteiger partial charge in [-0.15, -0.1) is 0 Å². The van der Waals surface area contributed by atoms with Gasteiger partial charge in [-0.1, -0.05) is 51.2 Å². The number of allylic oxidation sites excluding steroid dienone is 4. The molecule has 1 unspecified atom stereocenters. The summed E-state index contributed by atoms with van der Waals surface area (Å²) in [6.45, 7) is 7.52. The lowest BCUT2D eigenvalue weighted by Gasteiger charge is -2.09. The summed E-state index contributed by atoms with van der Waals surface area (Å²) in [4.78, 5) is 0. The molecule has 0 aromatic heterocycles. The van der Waals surface area contributed by atoms with E-state index in [0.717, 1.165) is 6.54 Å². The Hall–Kier alpha value is -0.820. The van der Waals surface area contributed by atoms with Crippen LogP contribution in [0.4, 0.5) is 0 Å². The molecule has 0 bridgehead atoms. The van der Waals surface area contributed by atoms with Crippen molar-refractivity contribution in [3.8, 4) is 0 Å². The maximum Gasteiger partial charge on any atom is 0.0204 e. The third-order valence-corrected chi connectivity index (χ3v) is 2.03. The van der Waals surface area contributed by atoms with Crippen molar-refractivity contribution < 1.29 is 0 Å². The van der Waals surface area contributed by atoms with Crippen molar-refractivity contribution >= 4 is 0 Å². The molecule has 1 N–H and O–H groups in total. The molecule has 0 heterocycles. The van der Waals surface area contributed by atoms with Crippen LogP contribution in [0.2, 0.25) is 0 Å². The van der Waals surface area contributed by atoms with E-state index in [-0.39, 0.29) is 0 Å². The lowest BCUT2D eigenvalue weighted by molar-refractivity contribution is 0.624. The number of hydrogen-bond donors (Lipinski definition) is 1. The Balaban J connectivity index is 2.49. The van der Waals surface area contributed by atoms with Gasteiger partial charge in [-0.3, -0.25) is 0 Å². The Morgan fingerprint density at radius 3 is 2.85 bits per heavy atom. The lowest BCUT2D eigenvalue weighted by Crippen LogP contribution is -2.24. The third-order valence-electron chi connectivity index (χ3n) is 2.03. The Labute approximate surface area is 81.2 Å². The summed E-state index contributed by atoms with van der Waals surface area (Å²) >= 11 is 0. The minimum Gasteiger partial charge on any atom is -0.310 e. The first-order valence-electron chi connectivity index (χ1n) is 4.97. The average Bonchev–Trinajstić information content (AvgIpc) is 2.26. The van der Waals surface area contributed by atoms with E-state index in [0.29, 0.717) is 12.0 Å². The van der Waals surface area contributed by atoms with Crippen LogP contribution < -0.4 is 5.32 Å².